The van der Waals surface area contributed by atoms with Crippen LogP contribution in [-0.2, 0) is 5.75 Å². The van der Waals surface area contributed by atoms with Crippen LogP contribution >= 0.6 is 11.8 Å². The largest absolute Gasteiger partial charge is 0.273 e. The fraction of sp³-hybridized carbons (Fsp3) is 0.0667. The summed E-state index contributed by atoms with van der Waals surface area (Å²) >= 11 is 1.40. The van der Waals surface area contributed by atoms with Gasteiger partial charge in [-0.15, -0.1) is 0 Å². The van der Waals surface area contributed by atoms with E-state index < -0.39 is 0 Å². The van der Waals surface area contributed by atoms with E-state index in [4.69, 9.17) is 0 Å². The molecule has 0 saturated heterocycles. The molecule has 1 heterocycles. The van der Waals surface area contributed by atoms with E-state index in [1.807, 2.05) is 30.3 Å². The second-order valence-corrected chi connectivity index (χ2v) is 5.30. The Balaban J connectivity index is 1.82. The van der Waals surface area contributed by atoms with Gasteiger partial charge in [-0.3, -0.25) is 10.1 Å². The Kier molecular flexibility index (Phi) is 3.79. The highest BCUT2D eigenvalue weighted by molar-refractivity contribution is 7.98. The minimum absolute atomic E-state index is 0.132. The molecule has 1 aromatic rings. The van der Waals surface area contributed by atoms with Crippen LogP contribution in [0.1, 0.15) is 5.56 Å². The molecular formula is C15H11N3O2S. The second kappa shape index (κ2) is 5.88. The highest BCUT2D eigenvalue weighted by atomic mass is 32.2. The Labute approximate surface area is 125 Å². The van der Waals surface area contributed by atoms with Gasteiger partial charge < -0.3 is 0 Å². The molecule has 5 nitrogen and oxygen atoms in total. The summed E-state index contributed by atoms with van der Waals surface area (Å²) in [5.74, 6) is 0.472. The lowest BCUT2D eigenvalue weighted by atomic mass is 10.2. The predicted molar refractivity (Wildman–Crippen MR) is 81.3 cm³/mol. The van der Waals surface area contributed by atoms with Crippen molar-refractivity contribution < 1.29 is 4.92 Å². The number of fused-ring (bicyclic) bond motifs is 1. The number of nitro groups is 1. The number of nitro benzene ring substituents is 1. The number of imidazole rings is 1. The maximum absolute atomic E-state index is 11.0. The van der Waals surface area contributed by atoms with Crippen LogP contribution in [0, 0.1) is 10.1 Å². The number of rotatable bonds is 4. The molecule has 1 aromatic carbocycles. The van der Waals surface area contributed by atoms with E-state index in [0.717, 1.165) is 11.4 Å². The molecular weight excluding hydrogens is 286 g/mol. The molecule has 3 rings (SSSR count). The van der Waals surface area contributed by atoms with Crippen LogP contribution in [0.2, 0.25) is 0 Å². The second-order valence-electron chi connectivity index (χ2n) is 4.36. The molecule has 0 radical (unpaired) electrons. The lowest BCUT2D eigenvalue weighted by Gasteiger charge is -2.00. The third-order valence-corrected chi connectivity index (χ3v) is 3.87. The lowest BCUT2D eigenvalue weighted by molar-refractivity contribution is -0.385. The predicted octanol–water partition coefficient (Wildman–Crippen LogP) is 3.78. The fourth-order valence-electron chi connectivity index (χ4n) is 1.97. The van der Waals surface area contributed by atoms with Crippen LogP contribution in [-0.4, -0.2) is 14.9 Å². The van der Waals surface area contributed by atoms with E-state index in [-0.39, 0.29) is 10.6 Å². The molecule has 1 aliphatic heterocycles. The molecule has 0 N–H and O–H groups in total. The summed E-state index contributed by atoms with van der Waals surface area (Å²) in [6, 6.07) is 16.3. The first kappa shape index (κ1) is 13.5. The van der Waals surface area contributed by atoms with Crippen molar-refractivity contribution in [3.63, 3.8) is 0 Å². The summed E-state index contributed by atoms with van der Waals surface area (Å²) in [5, 5.41) is 11.6. The van der Waals surface area contributed by atoms with Gasteiger partial charge in [0.2, 0.25) is 0 Å². The maximum atomic E-state index is 11.0. The van der Waals surface area contributed by atoms with Crippen molar-refractivity contribution in [2.75, 3.05) is 0 Å². The standard InChI is InChI=1S/C15H11N3O2S/c19-18(20)14-9-5-4-6-11(14)10-21-15-16-12-7-2-1-3-8-13(12)17-15/h1-9H,10H2. The van der Waals surface area contributed by atoms with Gasteiger partial charge in [-0.1, -0.05) is 48.2 Å². The van der Waals surface area contributed by atoms with E-state index in [1.54, 1.807) is 18.2 Å². The summed E-state index contributed by atoms with van der Waals surface area (Å²) < 4.78 is 0. The average Bonchev–Trinajstić information content (AvgIpc) is 2.75. The summed E-state index contributed by atoms with van der Waals surface area (Å²) in [4.78, 5) is 19.5. The lowest BCUT2D eigenvalue weighted by Crippen LogP contribution is -1.93. The van der Waals surface area contributed by atoms with Crippen LogP contribution in [0.4, 0.5) is 5.69 Å². The van der Waals surface area contributed by atoms with Crippen molar-refractivity contribution in [2.45, 2.75) is 10.9 Å². The van der Waals surface area contributed by atoms with Gasteiger partial charge in [-0.05, 0) is 12.1 Å². The third-order valence-electron chi connectivity index (χ3n) is 2.97. The maximum Gasteiger partial charge on any atom is 0.273 e. The number of benzene rings is 1. The molecule has 0 saturated carbocycles. The zero-order valence-corrected chi connectivity index (χ0v) is 11.8. The van der Waals surface area contributed by atoms with Gasteiger partial charge in [0.15, 0.2) is 5.16 Å². The van der Waals surface area contributed by atoms with E-state index in [9.17, 15) is 10.1 Å². The quantitative estimate of drug-likeness (QED) is 0.416. The zero-order valence-electron chi connectivity index (χ0n) is 11.0. The number of thioether (sulfide) groups is 1. The molecule has 0 amide bonds. The number of aromatic nitrogens is 2. The first-order valence-corrected chi connectivity index (χ1v) is 7.30. The minimum atomic E-state index is -0.363. The van der Waals surface area contributed by atoms with E-state index in [1.165, 1.54) is 17.8 Å². The minimum Gasteiger partial charge on any atom is -0.258 e. The number of nitrogens with zero attached hydrogens (tertiary/aromatic N) is 3. The van der Waals surface area contributed by atoms with Crippen molar-refractivity contribution in [1.82, 2.24) is 9.97 Å². The SMILES string of the molecule is O=[N+]([O-])c1ccccc1CSc1nc2cccccc-2n1. The zero-order chi connectivity index (χ0) is 14.7. The Morgan fingerprint density at radius 3 is 2.24 bits per heavy atom. The van der Waals surface area contributed by atoms with Crippen LogP contribution < -0.4 is 0 Å². The summed E-state index contributed by atoms with van der Waals surface area (Å²) in [6.45, 7) is 0. The van der Waals surface area contributed by atoms with Gasteiger partial charge in [0.05, 0.1) is 16.3 Å². The molecule has 21 heavy (non-hydrogen) atoms. The van der Waals surface area contributed by atoms with Crippen LogP contribution in [0.15, 0.2) is 59.8 Å². The van der Waals surface area contributed by atoms with Gasteiger partial charge >= 0.3 is 0 Å². The first-order valence-electron chi connectivity index (χ1n) is 6.32. The normalized spacial score (nSPS) is 10.7. The van der Waals surface area contributed by atoms with Crippen LogP contribution in [0.5, 0.6) is 0 Å². The number of hydrogen-bond acceptors (Lipinski definition) is 5. The van der Waals surface area contributed by atoms with Crippen molar-refractivity contribution in [3.05, 3.63) is 70.3 Å². The van der Waals surface area contributed by atoms with Gasteiger partial charge in [0.25, 0.3) is 5.69 Å². The van der Waals surface area contributed by atoms with E-state index in [0.29, 0.717) is 16.5 Å². The summed E-state index contributed by atoms with van der Waals surface area (Å²) in [7, 11) is 0. The Bertz CT molecular complexity index is 733. The fourth-order valence-corrected chi connectivity index (χ4v) is 2.82. The average molecular weight is 297 g/mol. The molecule has 0 fully saturated rings. The monoisotopic (exact) mass is 297 g/mol. The Hall–Kier alpha value is -2.47. The highest BCUT2D eigenvalue weighted by Crippen LogP contribution is 2.28. The Morgan fingerprint density at radius 1 is 0.952 bits per heavy atom. The smallest absolute Gasteiger partial charge is 0.258 e. The van der Waals surface area contributed by atoms with Gasteiger partial charge in [0, 0.05) is 17.4 Å². The van der Waals surface area contributed by atoms with Crippen molar-refractivity contribution in [2.24, 2.45) is 0 Å². The van der Waals surface area contributed by atoms with E-state index in [2.05, 4.69) is 9.97 Å². The highest BCUT2D eigenvalue weighted by Gasteiger charge is 2.14. The summed E-state index contributed by atoms with van der Waals surface area (Å²) in [6.07, 6.45) is 0. The number of hydrogen-bond donors (Lipinski definition) is 0. The molecule has 0 atom stereocenters. The van der Waals surface area contributed by atoms with Crippen molar-refractivity contribution in [1.29, 1.82) is 0 Å². The molecule has 0 unspecified atom stereocenters. The molecule has 6 heteroatoms. The van der Waals surface area contributed by atoms with Crippen LogP contribution in [0.3, 0.4) is 0 Å². The van der Waals surface area contributed by atoms with Gasteiger partial charge in [-0.2, -0.15) is 0 Å². The molecule has 2 aliphatic rings. The molecule has 0 spiro atoms. The third kappa shape index (κ3) is 3.00. The van der Waals surface area contributed by atoms with Crippen molar-refractivity contribution >= 4 is 17.4 Å². The first-order chi connectivity index (χ1) is 10.2. The molecule has 0 aromatic heterocycles. The summed E-state index contributed by atoms with van der Waals surface area (Å²) in [5.41, 5.74) is 2.45. The molecule has 0 bridgehead atoms. The van der Waals surface area contributed by atoms with Crippen LogP contribution in [0.25, 0.3) is 11.4 Å². The topological polar surface area (TPSA) is 68.9 Å². The Morgan fingerprint density at radius 2 is 1.57 bits per heavy atom. The van der Waals surface area contributed by atoms with E-state index >= 15 is 0 Å². The molecule has 1 aliphatic carbocycles. The van der Waals surface area contributed by atoms with Gasteiger partial charge in [-0.25, -0.2) is 9.97 Å². The molecule has 104 valence electrons. The van der Waals surface area contributed by atoms with Gasteiger partial charge in [0.1, 0.15) is 0 Å². The van der Waals surface area contributed by atoms with Crippen molar-refractivity contribution in [3.8, 4) is 11.4 Å². The number of para-hydroxylation sites is 1.